The highest BCUT2D eigenvalue weighted by Crippen LogP contribution is 2.49. The van der Waals surface area contributed by atoms with Crippen LogP contribution in [0.5, 0.6) is 0 Å². The highest BCUT2D eigenvalue weighted by molar-refractivity contribution is 5.09. The fraction of sp³-hybridized carbons (Fsp3) is 1.00. The molecule has 2 aliphatic rings. The Hall–Kier alpha value is -0.500. The lowest BCUT2D eigenvalue weighted by Crippen LogP contribution is -2.53. The SMILES string of the molecule is FC(F)(F)CN1CCC(NC2(C(F)(F)F)CC2)CC1. The predicted octanol–water partition coefficient (Wildman–Crippen LogP) is 2.70. The minimum absolute atomic E-state index is 0.0687. The van der Waals surface area contributed by atoms with Crippen molar-refractivity contribution in [3.8, 4) is 0 Å². The van der Waals surface area contributed by atoms with Crippen LogP contribution in [0.2, 0.25) is 0 Å². The second kappa shape index (κ2) is 4.80. The molecule has 0 aromatic rings. The quantitative estimate of drug-likeness (QED) is 0.804. The molecule has 0 radical (unpaired) electrons. The molecule has 1 aliphatic carbocycles. The molecule has 0 amide bonds. The van der Waals surface area contributed by atoms with Gasteiger partial charge in [-0.2, -0.15) is 26.3 Å². The summed E-state index contributed by atoms with van der Waals surface area (Å²) >= 11 is 0. The average molecular weight is 290 g/mol. The Morgan fingerprint density at radius 2 is 1.53 bits per heavy atom. The minimum Gasteiger partial charge on any atom is -0.301 e. The highest BCUT2D eigenvalue weighted by atomic mass is 19.4. The van der Waals surface area contributed by atoms with Crippen LogP contribution in [0.4, 0.5) is 26.3 Å². The molecule has 112 valence electrons. The van der Waals surface area contributed by atoms with Crippen LogP contribution in [0.25, 0.3) is 0 Å². The van der Waals surface area contributed by atoms with E-state index in [0.717, 1.165) is 0 Å². The van der Waals surface area contributed by atoms with E-state index < -0.39 is 24.4 Å². The van der Waals surface area contributed by atoms with Crippen LogP contribution in [-0.4, -0.2) is 48.5 Å². The van der Waals surface area contributed by atoms with Crippen molar-refractivity contribution in [2.75, 3.05) is 19.6 Å². The third-order valence-corrected chi connectivity index (χ3v) is 3.76. The van der Waals surface area contributed by atoms with E-state index in [1.165, 1.54) is 4.90 Å². The number of hydrogen-bond donors (Lipinski definition) is 1. The summed E-state index contributed by atoms with van der Waals surface area (Å²) in [5, 5.41) is 2.60. The molecule has 0 bridgehead atoms. The molecule has 8 heteroatoms. The van der Waals surface area contributed by atoms with Gasteiger partial charge in [-0.3, -0.25) is 4.90 Å². The molecule has 2 nitrogen and oxygen atoms in total. The van der Waals surface area contributed by atoms with Crippen LogP contribution in [0.1, 0.15) is 25.7 Å². The van der Waals surface area contributed by atoms with Gasteiger partial charge in [0.1, 0.15) is 5.54 Å². The number of piperidine rings is 1. The van der Waals surface area contributed by atoms with Crippen molar-refractivity contribution in [3.05, 3.63) is 0 Å². The number of alkyl halides is 6. The standard InChI is InChI=1S/C11H16F6N2/c12-10(13,14)7-19-5-1-8(2-6-19)18-9(3-4-9)11(15,16)17/h8,18H,1-7H2. The first kappa shape index (κ1) is 14.9. The number of nitrogens with zero attached hydrogens (tertiary/aromatic N) is 1. The number of hydrogen-bond acceptors (Lipinski definition) is 2. The van der Waals surface area contributed by atoms with E-state index in [0.29, 0.717) is 12.8 Å². The van der Waals surface area contributed by atoms with Crippen molar-refractivity contribution in [2.24, 2.45) is 0 Å². The highest BCUT2D eigenvalue weighted by Gasteiger charge is 2.63. The molecule has 0 spiro atoms. The number of likely N-dealkylation sites (tertiary alicyclic amines) is 1. The average Bonchev–Trinajstić information content (AvgIpc) is 2.99. The smallest absolute Gasteiger partial charge is 0.301 e. The number of rotatable bonds is 3. The zero-order valence-electron chi connectivity index (χ0n) is 10.2. The van der Waals surface area contributed by atoms with Gasteiger partial charge >= 0.3 is 12.4 Å². The van der Waals surface area contributed by atoms with Gasteiger partial charge in [0, 0.05) is 6.04 Å². The van der Waals surface area contributed by atoms with Crippen LogP contribution in [0.15, 0.2) is 0 Å². The first-order valence-electron chi connectivity index (χ1n) is 6.25. The van der Waals surface area contributed by atoms with Gasteiger partial charge in [0.05, 0.1) is 6.54 Å². The zero-order chi connectivity index (χ0) is 14.3. The van der Waals surface area contributed by atoms with Crippen LogP contribution in [-0.2, 0) is 0 Å². The van der Waals surface area contributed by atoms with Crippen molar-refractivity contribution in [3.63, 3.8) is 0 Å². The summed E-state index contributed by atoms with van der Waals surface area (Å²) in [7, 11) is 0. The van der Waals surface area contributed by atoms with E-state index in [1.54, 1.807) is 0 Å². The van der Waals surface area contributed by atoms with Crippen molar-refractivity contribution in [2.45, 2.75) is 49.6 Å². The van der Waals surface area contributed by atoms with Crippen molar-refractivity contribution >= 4 is 0 Å². The summed E-state index contributed by atoms with van der Waals surface area (Å²) in [5.41, 5.74) is -1.77. The van der Waals surface area contributed by atoms with Gasteiger partial charge in [-0.15, -0.1) is 0 Å². The molecular weight excluding hydrogens is 274 g/mol. The molecule has 1 heterocycles. The third kappa shape index (κ3) is 3.75. The largest absolute Gasteiger partial charge is 0.406 e. The van der Waals surface area contributed by atoms with Crippen LogP contribution in [0, 0.1) is 0 Å². The van der Waals surface area contributed by atoms with E-state index in [-0.39, 0.29) is 32.0 Å². The van der Waals surface area contributed by atoms with E-state index in [2.05, 4.69) is 5.32 Å². The molecule has 2 fully saturated rings. The second-order valence-electron chi connectivity index (χ2n) is 5.39. The molecule has 1 aliphatic heterocycles. The Kier molecular flexibility index (Phi) is 3.77. The molecule has 1 N–H and O–H groups in total. The fourth-order valence-corrected chi connectivity index (χ4v) is 2.51. The Morgan fingerprint density at radius 3 is 1.89 bits per heavy atom. The summed E-state index contributed by atoms with van der Waals surface area (Å²) in [6.45, 7) is -0.611. The van der Waals surface area contributed by atoms with Crippen LogP contribution >= 0.6 is 0 Å². The molecule has 1 saturated carbocycles. The van der Waals surface area contributed by atoms with Crippen molar-refractivity contribution in [1.29, 1.82) is 0 Å². The molecule has 1 saturated heterocycles. The van der Waals surface area contributed by atoms with E-state index >= 15 is 0 Å². The van der Waals surface area contributed by atoms with Crippen molar-refractivity contribution in [1.82, 2.24) is 10.2 Å². The van der Waals surface area contributed by atoms with Gasteiger partial charge in [0.2, 0.25) is 0 Å². The normalized spacial score (nSPS) is 25.6. The fourth-order valence-electron chi connectivity index (χ4n) is 2.51. The summed E-state index contributed by atoms with van der Waals surface area (Å²) in [6.07, 6.45) is -7.72. The number of halogens is 6. The predicted molar refractivity (Wildman–Crippen MR) is 56.7 cm³/mol. The molecule has 19 heavy (non-hydrogen) atoms. The third-order valence-electron chi connectivity index (χ3n) is 3.76. The lowest BCUT2D eigenvalue weighted by atomic mass is 10.0. The van der Waals surface area contributed by atoms with E-state index in [9.17, 15) is 26.3 Å². The summed E-state index contributed by atoms with van der Waals surface area (Å²) < 4.78 is 74.7. The first-order valence-corrected chi connectivity index (χ1v) is 6.25. The molecule has 0 unspecified atom stereocenters. The Balaban J connectivity index is 1.78. The second-order valence-corrected chi connectivity index (χ2v) is 5.39. The maximum absolute atomic E-state index is 12.7. The number of nitrogens with one attached hydrogen (secondary N) is 1. The first-order chi connectivity index (χ1) is 8.61. The Labute approximate surface area is 107 Å². The van der Waals surface area contributed by atoms with Crippen LogP contribution < -0.4 is 5.32 Å². The van der Waals surface area contributed by atoms with Gasteiger partial charge < -0.3 is 5.32 Å². The van der Waals surface area contributed by atoms with Gasteiger partial charge in [-0.05, 0) is 38.8 Å². The monoisotopic (exact) mass is 290 g/mol. The van der Waals surface area contributed by atoms with Gasteiger partial charge in [-0.1, -0.05) is 0 Å². The summed E-state index contributed by atoms with van der Waals surface area (Å²) in [6, 6.07) is -0.339. The minimum atomic E-state index is -4.27. The lowest BCUT2D eigenvalue weighted by Gasteiger charge is -2.35. The molecule has 0 atom stereocenters. The zero-order valence-corrected chi connectivity index (χ0v) is 10.2. The Morgan fingerprint density at radius 1 is 1.00 bits per heavy atom. The maximum atomic E-state index is 12.7. The maximum Gasteiger partial charge on any atom is 0.406 e. The summed E-state index contributed by atoms with van der Waals surface area (Å²) in [5.74, 6) is 0. The molecule has 0 aromatic heterocycles. The van der Waals surface area contributed by atoms with Gasteiger partial charge in [0.25, 0.3) is 0 Å². The molecular formula is C11H16F6N2. The summed E-state index contributed by atoms with van der Waals surface area (Å²) in [4.78, 5) is 1.24. The van der Waals surface area contributed by atoms with Gasteiger partial charge in [0.15, 0.2) is 0 Å². The van der Waals surface area contributed by atoms with E-state index in [1.807, 2.05) is 0 Å². The Bertz CT molecular complexity index is 312. The van der Waals surface area contributed by atoms with E-state index in [4.69, 9.17) is 0 Å². The molecule has 0 aromatic carbocycles. The van der Waals surface area contributed by atoms with Crippen LogP contribution in [0.3, 0.4) is 0 Å². The lowest BCUT2D eigenvalue weighted by molar-refractivity contribution is -0.169. The van der Waals surface area contributed by atoms with Crippen molar-refractivity contribution < 1.29 is 26.3 Å². The molecule has 2 rings (SSSR count). The topological polar surface area (TPSA) is 15.3 Å². The van der Waals surface area contributed by atoms with Gasteiger partial charge in [-0.25, -0.2) is 0 Å².